The summed E-state index contributed by atoms with van der Waals surface area (Å²) in [6, 6.07) is 4.40. The van der Waals surface area contributed by atoms with Crippen molar-refractivity contribution in [2.75, 3.05) is 26.7 Å². The van der Waals surface area contributed by atoms with Crippen molar-refractivity contribution in [2.24, 2.45) is 0 Å². The summed E-state index contributed by atoms with van der Waals surface area (Å²) in [7, 11) is 2.00. The Balaban J connectivity index is 1.93. The van der Waals surface area contributed by atoms with Gasteiger partial charge in [-0.2, -0.15) is 0 Å². The molecule has 0 aromatic heterocycles. The van der Waals surface area contributed by atoms with Crippen LogP contribution >= 0.6 is 0 Å². The zero-order valence-electron chi connectivity index (χ0n) is 14.2. The minimum atomic E-state index is -0.236. The number of aliphatic hydroxyl groups excluding tert-OH is 1. The number of likely N-dealkylation sites (tertiary alicyclic amines) is 1. The average molecular weight is 304 g/mol. The molecule has 1 aromatic carbocycles. The van der Waals surface area contributed by atoms with E-state index in [1.54, 1.807) is 0 Å². The molecule has 1 amide bonds. The SMILES string of the molecule is Cc1cc(C)c(CN(C)CC(=O)N2CCC(O)CC2)c(C)c1. The van der Waals surface area contributed by atoms with Crippen molar-refractivity contribution in [1.29, 1.82) is 0 Å². The molecule has 1 aliphatic heterocycles. The lowest BCUT2D eigenvalue weighted by Crippen LogP contribution is -2.44. The van der Waals surface area contributed by atoms with Gasteiger partial charge in [-0.25, -0.2) is 0 Å². The van der Waals surface area contributed by atoms with Crippen LogP contribution in [0.1, 0.15) is 35.1 Å². The second-order valence-corrected chi connectivity index (χ2v) is 6.66. The maximum Gasteiger partial charge on any atom is 0.236 e. The van der Waals surface area contributed by atoms with E-state index < -0.39 is 0 Å². The summed E-state index contributed by atoms with van der Waals surface area (Å²) in [5.74, 6) is 0.164. The average Bonchev–Trinajstić information content (AvgIpc) is 2.43. The van der Waals surface area contributed by atoms with Crippen LogP contribution < -0.4 is 0 Å². The van der Waals surface area contributed by atoms with Crippen molar-refractivity contribution in [3.63, 3.8) is 0 Å². The van der Waals surface area contributed by atoms with E-state index in [2.05, 4.69) is 37.8 Å². The van der Waals surface area contributed by atoms with Crippen LogP contribution in [0.15, 0.2) is 12.1 Å². The monoisotopic (exact) mass is 304 g/mol. The van der Waals surface area contributed by atoms with Crippen LogP contribution in [-0.4, -0.2) is 53.6 Å². The lowest BCUT2D eigenvalue weighted by molar-refractivity contribution is -0.134. The van der Waals surface area contributed by atoms with Crippen LogP contribution in [0.3, 0.4) is 0 Å². The van der Waals surface area contributed by atoms with Gasteiger partial charge in [-0.15, -0.1) is 0 Å². The van der Waals surface area contributed by atoms with Crippen molar-refractivity contribution in [3.8, 4) is 0 Å². The quantitative estimate of drug-likeness (QED) is 0.925. The number of nitrogens with zero attached hydrogens (tertiary/aromatic N) is 2. The van der Waals surface area contributed by atoms with Gasteiger partial charge in [0.2, 0.25) is 5.91 Å². The molecule has 4 heteroatoms. The van der Waals surface area contributed by atoms with Crippen molar-refractivity contribution in [2.45, 2.75) is 46.3 Å². The maximum absolute atomic E-state index is 12.3. The molecule has 1 aliphatic rings. The van der Waals surface area contributed by atoms with Gasteiger partial charge in [-0.3, -0.25) is 9.69 Å². The summed E-state index contributed by atoms with van der Waals surface area (Å²) in [6.45, 7) is 8.96. The maximum atomic E-state index is 12.3. The van der Waals surface area contributed by atoms with Gasteiger partial charge >= 0.3 is 0 Å². The predicted molar refractivity (Wildman–Crippen MR) is 88.8 cm³/mol. The minimum absolute atomic E-state index is 0.164. The van der Waals surface area contributed by atoms with Crippen molar-refractivity contribution in [3.05, 3.63) is 34.4 Å². The number of hydrogen-bond acceptors (Lipinski definition) is 3. The molecule has 22 heavy (non-hydrogen) atoms. The van der Waals surface area contributed by atoms with E-state index in [0.717, 1.165) is 6.54 Å². The number of amides is 1. The smallest absolute Gasteiger partial charge is 0.236 e. The van der Waals surface area contributed by atoms with E-state index >= 15 is 0 Å². The molecule has 122 valence electrons. The van der Waals surface area contributed by atoms with Gasteiger partial charge < -0.3 is 10.0 Å². The highest BCUT2D eigenvalue weighted by molar-refractivity contribution is 5.78. The molecule has 1 fully saturated rings. The molecule has 1 saturated heterocycles. The number of hydrogen-bond donors (Lipinski definition) is 1. The fraction of sp³-hybridized carbons (Fsp3) is 0.611. The fourth-order valence-corrected chi connectivity index (χ4v) is 3.23. The first-order valence-electron chi connectivity index (χ1n) is 8.08. The van der Waals surface area contributed by atoms with Gasteiger partial charge in [0.25, 0.3) is 0 Å². The lowest BCUT2D eigenvalue weighted by Gasteiger charge is -2.31. The number of benzene rings is 1. The highest BCUT2D eigenvalue weighted by Gasteiger charge is 2.22. The van der Waals surface area contributed by atoms with E-state index in [1.807, 2.05) is 11.9 Å². The third-order valence-electron chi connectivity index (χ3n) is 4.49. The summed E-state index contributed by atoms with van der Waals surface area (Å²) in [5.41, 5.74) is 5.18. The molecular weight excluding hydrogens is 276 g/mol. The molecule has 0 atom stereocenters. The molecule has 0 radical (unpaired) electrons. The summed E-state index contributed by atoms with van der Waals surface area (Å²) in [4.78, 5) is 16.3. The Morgan fingerprint density at radius 1 is 1.23 bits per heavy atom. The third kappa shape index (κ3) is 4.31. The molecule has 0 saturated carbocycles. The fourth-order valence-electron chi connectivity index (χ4n) is 3.23. The summed E-state index contributed by atoms with van der Waals surface area (Å²) >= 11 is 0. The topological polar surface area (TPSA) is 43.8 Å². The van der Waals surface area contributed by atoms with Gasteiger partial charge in [-0.1, -0.05) is 17.7 Å². The summed E-state index contributed by atoms with van der Waals surface area (Å²) in [5, 5.41) is 9.52. The molecule has 4 nitrogen and oxygen atoms in total. The van der Waals surface area contributed by atoms with E-state index in [9.17, 15) is 9.90 Å². The Morgan fingerprint density at radius 2 is 1.77 bits per heavy atom. The lowest BCUT2D eigenvalue weighted by atomic mass is 9.99. The Labute approximate surface area is 133 Å². The molecule has 0 bridgehead atoms. The Morgan fingerprint density at radius 3 is 2.32 bits per heavy atom. The standard InChI is InChI=1S/C18H28N2O2/c1-13-9-14(2)17(15(3)10-13)11-19(4)12-18(22)20-7-5-16(21)6-8-20/h9-10,16,21H,5-8,11-12H2,1-4H3. The number of rotatable bonds is 4. The molecular formula is C18H28N2O2. The first kappa shape index (κ1) is 17.0. The third-order valence-corrected chi connectivity index (χ3v) is 4.49. The van der Waals surface area contributed by atoms with E-state index in [-0.39, 0.29) is 12.0 Å². The molecule has 2 rings (SSSR count). The number of likely N-dealkylation sites (N-methyl/N-ethyl adjacent to an activating group) is 1. The minimum Gasteiger partial charge on any atom is -0.393 e. The second-order valence-electron chi connectivity index (χ2n) is 6.66. The molecule has 0 spiro atoms. The van der Waals surface area contributed by atoms with Crippen LogP contribution in [-0.2, 0) is 11.3 Å². The number of aliphatic hydroxyl groups is 1. The van der Waals surface area contributed by atoms with Gasteiger partial charge in [-0.05, 0) is 57.4 Å². The largest absolute Gasteiger partial charge is 0.393 e. The van der Waals surface area contributed by atoms with Gasteiger partial charge in [0, 0.05) is 19.6 Å². The van der Waals surface area contributed by atoms with E-state index in [4.69, 9.17) is 0 Å². The van der Waals surface area contributed by atoms with Crippen molar-refractivity contribution >= 4 is 5.91 Å². The summed E-state index contributed by atoms with van der Waals surface area (Å²) in [6.07, 6.45) is 1.16. The van der Waals surface area contributed by atoms with Gasteiger partial charge in [0.05, 0.1) is 12.6 Å². The number of aryl methyl sites for hydroxylation is 3. The first-order chi connectivity index (χ1) is 10.4. The van der Waals surface area contributed by atoms with E-state index in [1.165, 1.54) is 22.3 Å². The van der Waals surface area contributed by atoms with E-state index in [0.29, 0.717) is 32.5 Å². The predicted octanol–water partition coefficient (Wildman–Crippen LogP) is 2.03. The normalized spacial score (nSPS) is 16.4. The Bertz CT molecular complexity index is 511. The molecule has 0 unspecified atom stereocenters. The zero-order chi connectivity index (χ0) is 16.3. The summed E-state index contributed by atoms with van der Waals surface area (Å²) < 4.78 is 0. The Hall–Kier alpha value is -1.39. The number of carbonyl (C=O) groups is 1. The first-order valence-corrected chi connectivity index (χ1v) is 8.08. The van der Waals surface area contributed by atoms with Crippen LogP contribution in [0, 0.1) is 20.8 Å². The van der Waals surface area contributed by atoms with Crippen LogP contribution in [0.25, 0.3) is 0 Å². The van der Waals surface area contributed by atoms with Crippen LogP contribution in [0.4, 0.5) is 0 Å². The van der Waals surface area contributed by atoms with Gasteiger partial charge in [0.1, 0.15) is 0 Å². The molecule has 1 heterocycles. The number of carbonyl (C=O) groups excluding carboxylic acids is 1. The molecule has 1 aromatic rings. The zero-order valence-corrected chi connectivity index (χ0v) is 14.2. The van der Waals surface area contributed by atoms with Crippen LogP contribution in [0.2, 0.25) is 0 Å². The number of piperidine rings is 1. The van der Waals surface area contributed by atoms with Crippen molar-refractivity contribution in [1.82, 2.24) is 9.80 Å². The Kier molecular flexibility index (Phi) is 5.59. The molecule has 0 aliphatic carbocycles. The van der Waals surface area contributed by atoms with Gasteiger partial charge in [0.15, 0.2) is 0 Å². The van der Waals surface area contributed by atoms with Crippen molar-refractivity contribution < 1.29 is 9.90 Å². The highest BCUT2D eigenvalue weighted by Crippen LogP contribution is 2.18. The second kappa shape index (κ2) is 7.25. The highest BCUT2D eigenvalue weighted by atomic mass is 16.3. The van der Waals surface area contributed by atoms with Crippen LogP contribution in [0.5, 0.6) is 0 Å². The molecule has 1 N–H and O–H groups in total.